The van der Waals surface area contributed by atoms with Crippen molar-refractivity contribution in [1.82, 2.24) is 4.72 Å². The molecule has 0 saturated carbocycles. The summed E-state index contributed by atoms with van der Waals surface area (Å²) in [7, 11) is -3.44. The van der Waals surface area contributed by atoms with Crippen LogP contribution in [0.2, 0.25) is 0 Å². The molecule has 1 aromatic rings. The van der Waals surface area contributed by atoms with E-state index < -0.39 is 10.0 Å². The minimum absolute atomic E-state index is 0.284. The Labute approximate surface area is 127 Å². The molecule has 1 saturated heterocycles. The van der Waals surface area contributed by atoms with E-state index in [1.807, 2.05) is 0 Å². The molecule has 1 aliphatic heterocycles. The van der Waals surface area contributed by atoms with Gasteiger partial charge in [0, 0.05) is 19.6 Å². The Morgan fingerprint density at radius 3 is 2.81 bits per heavy atom. The third-order valence-electron chi connectivity index (χ3n) is 4.08. The van der Waals surface area contributed by atoms with Crippen LogP contribution in [-0.2, 0) is 10.0 Å². The van der Waals surface area contributed by atoms with Crippen LogP contribution in [0.25, 0.3) is 0 Å². The molecule has 1 aromatic carbocycles. The number of nitrogens with one attached hydrogen (secondary N) is 1. The van der Waals surface area contributed by atoms with Crippen molar-refractivity contribution in [1.29, 1.82) is 0 Å². The first kappa shape index (κ1) is 16.1. The molecule has 3 N–H and O–H groups in total. The van der Waals surface area contributed by atoms with Crippen LogP contribution in [-0.4, -0.2) is 28.1 Å². The van der Waals surface area contributed by atoms with Crippen LogP contribution in [0, 0.1) is 5.92 Å². The van der Waals surface area contributed by atoms with Gasteiger partial charge in [-0.05, 0) is 37.0 Å². The lowest BCUT2D eigenvalue weighted by Crippen LogP contribution is -2.35. The normalized spacial score (nSPS) is 19.7. The average Bonchev–Trinajstić information content (AvgIpc) is 2.47. The van der Waals surface area contributed by atoms with Crippen LogP contribution >= 0.6 is 0 Å². The quantitative estimate of drug-likeness (QED) is 0.817. The van der Waals surface area contributed by atoms with E-state index in [1.54, 1.807) is 25.1 Å². The molecule has 5 nitrogen and oxygen atoms in total. The van der Waals surface area contributed by atoms with Gasteiger partial charge in [0.15, 0.2) is 0 Å². The Bertz CT molecular complexity index is 587. The van der Waals surface area contributed by atoms with E-state index in [2.05, 4.69) is 16.5 Å². The molecule has 1 fully saturated rings. The number of nitrogen functional groups attached to an aromatic ring is 1. The summed E-state index contributed by atoms with van der Waals surface area (Å²) in [5, 5.41) is 0. The van der Waals surface area contributed by atoms with Crippen molar-refractivity contribution in [2.45, 2.75) is 38.0 Å². The Morgan fingerprint density at radius 1 is 1.38 bits per heavy atom. The van der Waals surface area contributed by atoms with Gasteiger partial charge in [0.2, 0.25) is 10.0 Å². The van der Waals surface area contributed by atoms with Crippen molar-refractivity contribution < 1.29 is 8.42 Å². The van der Waals surface area contributed by atoms with Gasteiger partial charge in [-0.15, -0.1) is 0 Å². The number of hydrogen-bond donors (Lipinski definition) is 2. The van der Waals surface area contributed by atoms with Crippen molar-refractivity contribution >= 4 is 21.4 Å². The minimum atomic E-state index is -3.44. The predicted octanol–water partition coefficient (Wildman–Crippen LogP) is 2.19. The molecule has 118 valence electrons. The summed E-state index contributed by atoms with van der Waals surface area (Å²) in [6.45, 7) is 6.23. The Morgan fingerprint density at radius 2 is 2.14 bits per heavy atom. The van der Waals surface area contributed by atoms with E-state index in [0.29, 0.717) is 18.2 Å². The van der Waals surface area contributed by atoms with E-state index in [9.17, 15) is 8.42 Å². The average molecular weight is 311 g/mol. The highest BCUT2D eigenvalue weighted by Gasteiger charge is 2.22. The SMILES string of the molecule is CCNS(=O)(=O)c1ccc(N)c(N2CCCC(CC)C2)c1. The molecule has 1 atom stereocenters. The second-order valence-corrected chi connectivity index (χ2v) is 7.35. The summed E-state index contributed by atoms with van der Waals surface area (Å²) in [5.41, 5.74) is 7.55. The fraction of sp³-hybridized carbons (Fsp3) is 0.600. The Kier molecular flexibility index (Phi) is 5.11. The fourth-order valence-electron chi connectivity index (χ4n) is 2.85. The molecule has 1 heterocycles. The molecule has 1 unspecified atom stereocenters. The van der Waals surface area contributed by atoms with Crippen LogP contribution in [0.4, 0.5) is 11.4 Å². The number of anilines is 2. The number of sulfonamides is 1. The van der Waals surface area contributed by atoms with Gasteiger partial charge in [-0.3, -0.25) is 0 Å². The molecule has 21 heavy (non-hydrogen) atoms. The summed E-state index contributed by atoms with van der Waals surface area (Å²) in [5.74, 6) is 0.659. The highest BCUT2D eigenvalue weighted by atomic mass is 32.2. The monoisotopic (exact) mass is 311 g/mol. The molecule has 6 heteroatoms. The zero-order valence-electron chi connectivity index (χ0n) is 12.8. The van der Waals surface area contributed by atoms with E-state index in [0.717, 1.165) is 31.6 Å². The second kappa shape index (κ2) is 6.66. The van der Waals surface area contributed by atoms with Gasteiger partial charge < -0.3 is 10.6 Å². The maximum atomic E-state index is 12.1. The molecule has 0 aliphatic carbocycles. The number of rotatable bonds is 5. The molecule has 2 rings (SSSR count). The second-order valence-electron chi connectivity index (χ2n) is 5.58. The van der Waals surface area contributed by atoms with Crippen molar-refractivity contribution in [2.24, 2.45) is 5.92 Å². The molecular formula is C15H25N3O2S. The van der Waals surface area contributed by atoms with E-state index >= 15 is 0 Å². The van der Waals surface area contributed by atoms with E-state index in [1.165, 1.54) is 6.42 Å². The first-order valence-corrected chi connectivity index (χ1v) is 9.10. The molecule has 0 aromatic heterocycles. The van der Waals surface area contributed by atoms with Crippen molar-refractivity contribution in [3.05, 3.63) is 18.2 Å². The van der Waals surface area contributed by atoms with Gasteiger partial charge >= 0.3 is 0 Å². The molecule has 0 radical (unpaired) electrons. The highest BCUT2D eigenvalue weighted by Crippen LogP contribution is 2.31. The van der Waals surface area contributed by atoms with Crippen molar-refractivity contribution in [2.75, 3.05) is 30.3 Å². The van der Waals surface area contributed by atoms with Crippen LogP contribution in [0.15, 0.2) is 23.1 Å². The number of hydrogen-bond acceptors (Lipinski definition) is 4. The van der Waals surface area contributed by atoms with Crippen molar-refractivity contribution in [3.63, 3.8) is 0 Å². The first-order chi connectivity index (χ1) is 9.97. The van der Waals surface area contributed by atoms with E-state index in [4.69, 9.17) is 5.73 Å². The zero-order chi connectivity index (χ0) is 15.5. The highest BCUT2D eigenvalue weighted by molar-refractivity contribution is 7.89. The Hall–Kier alpha value is -1.27. The third kappa shape index (κ3) is 3.68. The third-order valence-corrected chi connectivity index (χ3v) is 5.63. The number of nitrogens with two attached hydrogens (primary N) is 1. The summed E-state index contributed by atoms with van der Waals surface area (Å²) in [6, 6.07) is 4.96. The Balaban J connectivity index is 2.31. The maximum Gasteiger partial charge on any atom is 0.240 e. The van der Waals surface area contributed by atoms with Gasteiger partial charge in [0.1, 0.15) is 0 Å². The van der Waals surface area contributed by atoms with Gasteiger partial charge in [-0.2, -0.15) is 0 Å². The van der Waals surface area contributed by atoms with Crippen molar-refractivity contribution in [3.8, 4) is 0 Å². The van der Waals surface area contributed by atoms with Gasteiger partial charge in [0.25, 0.3) is 0 Å². The summed E-state index contributed by atoms with van der Waals surface area (Å²) >= 11 is 0. The van der Waals surface area contributed by atoms with Gasteiger partial charge in [0.05, 0.1) is 16.3 Å². The lowest BCUT2D eigenvalue weighted by Gasteiger charge is -2.35. The van der Waals surface area contributed by atoms with Crippen LogP contribution in [0.1, 0.15) is 33.1 Å². The predicted molar refractivity (Wildman–Crippen MR) is 86.9 cm³/mol. The molecule has 0 amide bonds. The van der Waals surface area contributed by atoms with Crippen LogP contribution in [0.3, 0.4) is 0 Å². The summed E-state index contributed by atoms with van der Waals surface area (Å²) in [6.07, 6.45) is 3.51. The van der Waals surface area contributed by atoms with Gasteiger partial charge in [-0.1, -0.05) is 20.3 Å². The molecule has 1 aliphatic rings. The number of piperidine rings is 1. The van der Waals surface area contributed by atoms with Gasteiger partial charge in [-0.25, -0.2) is 13.1 Å². The smallest absolute Gasteiger partial charge is 0.240 e. The fourth-order valence-corrected chi connectivity index (χ4v) is 3.92. The largest absolute Gasteiger partial charge is 0.397 e. The lowest BCUT2D eigenvalue weighted by molar-refractivity contribution is 0.405. The maximum absolute atomic E-state index is 12.1. The lowest BCUT2D eigenvalue weighted by atomic mass is 9.95. The minimum Gasteiger partial charge on any atom is -0.397 e. The van der Waals surface area contributed by atoms with E-state index in [-0.39, 0.29) is 4.90 Å². The zero-order valence-corrected chi connectivity index (χ0v) is 13.6. The molecule has 0 bridgehead atoms. The molecular weight excluding hydrogens is 286 g/mol. The number of nitrogens with zero attached hydrogens (tertiary/aromatic N) is 1. The summed E-state index contributed by atoms with van der Waals surface area (Å²) < 4.78 is 26.8. The first-order valence-electron chi connectivity index (χ1n) is 7.62. The molecule has 0 spiro atoms. The number of benzene rings is 1. The van der Waals surface area contributed by atoms with Crippen LogP contribution in [0.5, 0.6) is 0 Å². The summed E-state index contributed by atoms with van der Waals surface area (Å²) in [4.78, 5) is 2.50. The van der Waals surface area contributed by atoms with Crippen LogP contribution < -0.4 is 15.4 Å². The standard InChI is InChI=1S/C15H25N3O2S/c1-3-12-6-5-9-18(11-12)15-10-13(7-8-14(15)16)21(19,20)17-4-2/h7-8,10,12,17H,3-6,9,11,16H2,1-2H3. The topological polar surface area (TPSA) is 75.4 Å².